The van der Waals surface area contributed by atoms with Gasteiger partial charge in [-0.25, -0.2) is 0 Å². The summed E-state index contributed by atoms with van der Waals surface area (Å²) in [6.45, 7) is 4.27. The molecular weight excluding hydrogens is 284 g/mol. The van der Waals surface area contributed by atoms with Crippen molar-refractivity contribution in [3.63, 3.8) is 0 Å². The van der Waals surface area contributed by atoms with Crippen molar-refractivity contribution in [1.29, 1.82) is 0 Å². The summed E-state index contributed by atoms with van der Waals surface area (Å²) in [5, 5.41) is 4.40. The van der Waals surface area contributed by atoms with Crippen molar-refractivity contribution in [1.82, 2.24) is 0 Å². The third-order valence-electron chi connectivity index (χ3n) is 2.61. The molecule has 2 nitrogen and oxygen atoms in total. The van der Waals surface area contributed by atoms with Gasteiger partial charge in [-0.1, -0.05) is 40.7 Å². The molecule has 0 saturated heterocycles. The first-order valence-corrected chi connectivity index (χ1v) is 7.20. The monoisotopic (exact) mass is 298 g/mol. The van der Waals surface area contributed by atoms with Crippen LogP contribution < -0.4 is 5.32 Å². The third-order valence-corrected chi connectivity index (χ3v) is 4.49. The first-order valence-electron chi connectivity index (χ1n) is 5.43. The van der Waals surface area contributed by atoms with E-state index in [0.717, 1.165) is 27.5 Å². The molecule has 0 aromatic heterocycles. The highest BCUT2D eigenvalue weighted by Crippen LogP contribution is 2.24. The Bertz CT molecular complexity index is 417. The molecule has 1 heterocycles. The van der Waals surface area contributed by atoms with E-state index in [-0.39, 0.29) is 0 Å². The van der Waals surface area contributed by atoms with E-state index in [2.05, 4.69) is 58.3 Å². The molecule has 0 radical (unpaired) electrons. The van der Waals surface area contributed by atoms with Gasteiger partial charge < -0.3 is 5.32 Å². The number of aryl methyl sites for hydroxylation is 1. The smallest absolute Gasteiger partial charge is 0.161 e. The maximum Gasteiger partial charge on any atom is 0.161 e. The fourth-order valence-electron chi connectivity index (χ4n) is 1.49. The zero-order chi connectivity index (χ0) is 11.5. The van der Waals surface area contributed by atoms with E-state index in [4.69, 9.17) is 0 Å². The minimum absolute atomic E-state index is 0.487. The van der Waals surface area contributed by atoms with Gasteiger partial charge in [0, 0.05) is 15.9 Å². The molecule has 1 atom stereocenters. The number of rotatable bonds is 2. The summed E-state index contributed by atoms with van der Waals surface area (Å²) < 4.78 is 1.13. The standard InChI is InChI=1S/C12H15BrN2S/c1-3-9-7-16-12(14-9)15-10-5-4-8(2)11(13)6-10/h4-6,9H,3,7H2,1-2H3,(H,14,15). The van der Waals surface area contributed by atoms with Crippen LogP contribution >= 0.6 is 27.7 Å². The van der Waals surface area contributed by atoms with E-state index in [0.29, 0.717) is 6.04 Å². The van der Waals surface area contributed by atoms with Crippen LogP contribution in [-0.2, 0) is 0 Å². The molecule has 1 aromatic rings. The number of benzene rings is 1. The van der Waals surface area contributed by atoms with Crippen LogP contribution in [0.25, 0.3) is 0 Å². The molecule has 1 unspecified atom stereocenters. The molecule has 1 aliphatic rings. The average Bonchev–Trinajstić information content (AvgIpc) is 2.71. The number of halogens is 1. The van der Waals surface area contributed by atoms with Gasteiger partial charge in [-0.15, -0.1) is 0 Å². The average molecular weight is 299 g/mol. The van der Waals surface area contributed by atoms with Crippen molar-refractivity contribution in [3.05, 3.63) is 28.2 Å². The Morgan fingerprint density at radius 2 is 2.38 bits per heavy atom. The van der Waals surface area contributed by atoms with E-state index in [9.17, 15) is 0 Å². The maximum atomic E-state index is 4.61. The second kappa shape index (κ2) is 5.23. The molecule has 0 saturated carbocycles. The number of hydrogen-bond acceptors (Lipinski definition) is 3. The van der Waals surface area contributed by atoms with Gasteiger partial charge in [-0.05, 0) is 31.0 Å². The van der Waals surface area contributed by atoms with Crippen LogP contribution in [0.1, 0.15) is 18.9 Å². The van der Waals surface area contributed by atoms with Crippen LogP contribution in [0, 0.1) is 6.92 Å². The molecule has 4 heteroatoms. The first-order chi connectivity index (χ1) is 7.69. The van der Waals surface area contributed by atoms with Crippen molar-refractivity contribution >= 4 is 38.5 Å². The summed E-state index contributed by atoms with van der Waals surface area (Å²) in [7, 11) is 0. The molecule has 1 aromatic carbocycles. The maximum absolute atomic E-state index is 4.61. The Hall–Kier alpha value is -0.480. The Morgan fingerprint density at radius 1 is 1.56 bits per heavy atom. The highest BCUT2D eigenvalue weighted by atomic mass is 79.9. The molecule has 86 valence electrons. The number of aliphatic imine (C=N–C) groups is 1. The fraction of sp³-hybridized carbons (Fsp3) is 0.417. The van der Waals surface area contributed by atoms with Gasteiger partial charge in [0.1, 0.15) is 0 Å². The van der Waals surface area contributed by atoms with Crippen LogP contribution in [-0.4, -0.2) is 17.0 Å². The van der Waals surface area contributed by atoms with Gasteiger partial charge in [0.05, 0.1) is 6.04 Å². The topological polar surface area (TPSA) is 24.4 Å². The molecule has 0 spiro atoms. The van der Waals surface area contributed by atoms with E-state index >= 15 is 0 Å². The molecule has 16 heavy (non-hydrogen) atoms. The minimum Gasteiger partial charge on any atom is -0.335 e. The second-order valence-electron chi connectivity index (χ2n) is 3.90. The third kappa shape index (κ3) is 2.80. The predicted octanol–water partition coefficient (Wildman–Crippen LogP) is 4.05. The first kappa shape index (κ1) is 12.0. The molecule has 0 aliphatic carbocycles. The van der Waals surface area contributed by atoms with Crippen molar-refractivity contribution in [2.45, 2.75) is 26.3 Å². The summed E-state index contributed by atoms with van der Waals surface area (Å²) in [5.41, 5.74) is 2.35. The molecule has 1 aliphatic heterocycles. The Labute approximate surface area is 109 Å². The molecule has 1 N–H and O–H groups in total. The Balaban J connectivity index is 2.07. The fourth-order valence-corrected chi connectivity index (χ4v) is 2.94. The van der Waals surface area contributed by atoms with Crippen LogP contribution in [0.3, 0.4) is 0 Å². The van der Waals surface area contributed by atoms with E-state index < -0.39 is 0 Å². The predicted molar refractivity (Wildman–Crippen MR) is 76.5 cm³/mol. The van der Waals surface area contributed by atoms with E-state index in [1.54, 1.807) is 11.8 Å². The molecule has 2 rings (SSSR count). The summed E-state index contributed by atoms with van der Waals surface area (Å²) in [5.74, 6) is 1.10. The SMILES string of the molecule is CCC1CSC(Nc2ccc(C)c(Br)c2)=N1. The van der Waals surface area contributed by atoms with Crippen molar-refractivity contribution in [3.8, 4) is 0 Å². The number of anilines is 1. The zero-order valence-electron chi connectivity index (χ0n) is 9.46. The number of thioether (sulfide) groups is 1. The number of nitrogens with one attached hydrogen (secondary N) is 1. The van der Waals surface area contributed by atoms with Gasteiger partial charge in [0.2, 0.25) is 0 Å². The van der Waals surface area contributed by atoms with E-state index in [1.165, 1.54) is 5.56 Å². The molecule has 0 amide bonds. The minimum atomic E-state index is 0.487. The van der Waals surface area contributed by atoms with Crippen LogP contribution in [0.4, 0.5) is 5.69 Å². The summed E-state index contributed by atoms with van der Waals surface area (Å²) in [6.07, 6.45) is 1.12. The summed E-state index contributed by atoms with van der Waals surface area (Å²) in [4.78, 5) is 4.61. The number of amidine groups is 1. The van der Waals surface area contributed by atoms with Crippen LogP contribution in [0.15, 0.2) is 27.7 Å². The van der Waals surface area contributed by atoms with Crippen molar-refractivity contribution < 1.29 is 0 Å². The Kier molecular flexibility index (Phi) is 3.92. The number of nitrogens with zero attached hydrogens (tertiary/aromatic N) is 1. The van der Waals surface area contributed by atoms with Gasteiger partial charge >= 0.3 is 0 Å². The van der Waals surface area contributed by atoms with E-state index in [1.807, 2.05) is 0 Å². The second-order valence-corrected chi connectivity index (χ2v) is 5.76. The highest BCUT2D eigenvalue weighted by Gasteiger charge is 2.16. The lowest BCUT2D eigenvalue weighted by Gasteiger charge is -2.06. The summed E-state index contributed by atoms with van der Waals surface area (Å²) in [6, 6.07) is 6.77. The molecule has 0 fully saturated rings. The lowest BCUT2D eigenvalue weighted by molar-refractivity contribution is 0.738. The normalized spacial score (nSPS) is 19.7. The molecule has 0 bridgehead atoms. The van der Waals surface area contributed by atoms with Crippen LogP contribution in [0.2, 0.25) is 0 Å². The highest BCUT2D eigenvalue weighted by molar-refractivity contribution is 9.10. The van der Waals surface area contributed by atoms with Gasteiger partial charge in [-0.2, -0.15) is 0 Å². The van der Waals surface area contributed by atoms with Gasteiger partial charge in [0.25, 0.3) is 0 Å². The van der Waals surface area contributed by atoms with Gasteiger partial charge in [-0.3, -0.25) is 4.99 Å². The summed E-state index contributed by atoms with van der Waals surface area (Å²) >= 11 is 5.34. The quantitative estimate of drug-likeness (QED) is 0.891. The van der Waals surface area contributed by atoms with Gasteiger partial charge in [0.15, 0.2) is 5.17 Å². The zero-order valence-corrected chi connectivity index (χ0v) is 11.9. The largest absolute Gasteiger partial charge is 0.335 e. The van der Waals surface area contributed by atoms with Crippen molar-refractivity contribution in [2.75, 3.05) is 11.1 Å². The van der Waals surface area contributed by atoms with Crippen LogP contribution in [0.5, 0.6) is 0 Å². The Morgan fingerprint density at radius 3 is 3.00 bits per heavy atom. The number of hydrogen-bond donors (Lipinski definition) is 1. The lowest BCUT2D eigenvalue weighted by atomic mass is 10.2. The molecular formula is C12H15BrN2S. The lowest BCUT2D eigenvalue weighted by Crippen LogP contribution is -2.05. The van der Waals surface area contributed by atoms with Crippen molar-refractivity contribution in [2.24, 2.45) is 4.99 Å².